The highest BCUT2D eigenvalue weighted by Crippen LogP contribution is 2.03. The van der Waals surface area contributed by atoms with Gasteiger partial charge in [0.1, 0.15) is 6.61 Å². The van der Waals surface area contributed by atoms with Crippen LogP contribution in [0.2, 0.25) is 0 Å². The van der Waals surface area contributed by atoms with Crippen molar-refractivity contribution in [3.63, 3.8) is 0 Å². The Hall–Kier alpha value is -1.66. The van der Waals surface area contributed by atoms with Crippen molar-refractivity contribution in [2.75, 3.05) is 6.54 Å². The van der Waals surface area contributed by atoms with Crippen molar-refractivity contribution >= 4 is 23.3 Å². The molecule has 1 rings (SSSR count). The number of hydrogen-bond acceptors (Lipinski definition) is 4. The molecule has 5 N–H and O–H groups in total. The zero-order chi connectivity index (χ0) is 15.5. The summed E-state index contributed by atoms with van der Waals surface area (Å²) in [7, 11) is 0. The van der Waals surface area contributed by atoms with Gasteiger partial charge >= 0.3 is 6.09 Å². The van der Waals surface area contributed by atoms with E-state index in [4.69, 9.17) is 28.4 Å². The first-order chi connectivity index (χ1) is 10.1. The second-order valence-corrected chi connectivity index (χ2v) is 5.44. The fraction of sp³-hybridized carbons (Fsp3) is 0.467. The van der Waals surface area contributed by atoms with Gasteiger partial charge in [0.2, 0.25) is 0 Å². The van der Waals surface area contributed by atoms with Gasteiger partial charge in [0.05, 0.1) is 4.99 Å². The third kappa shape index (κ3) is 8.99. The molecular weight excluding hydrogens is 286 g/mol. The number of amides is 1. The van der Waals surface area contributed by atoms with Gasteiger partial charge in [-0.25, -0.2) is 4.79 Å². The molecule has 0 bridgehead atoms. The number of unbranched alkanes of at least 4 members (excludes halogenated alkanes) is 1. The van der Waals surface area contributed by atoms with Gasteiger partial charge in [-0.3, -0.25) is 0 Å². The molecule has 0 aromatic heterocycles. The second kappa shape index (κ2) is 10.1. The van der Waals surface area contributed by atoms with Crippen molar-refractivity contribution < 1.29 is 9.53 Å². The number of nitrogens with one attached hydrogen (secondary N) is 1. The average molecular weight is 309 g/mol. The van der Waals surface area contributed by atoms with Gasteiger partial charge in [-0.2, -0.15) is 0 Å². The number of thiocarbonyl (C=S) groups is 1. The number of rotatable bonds is 9. The standard InChI is InChI=1S/C15H23N3O2S/c16-13(10-14(17)21)8-4-5-9-18-15(19)20-11-12-6-2-1-3-7-12/h1-3,6-7,13H,4-5,8-11,16H2,(H2,17,21)(H,18,19)/t13-/m0/s1. The van der Waals surface area contributed by atoms with Gasteiger partial charge < -0.3 is 21.5 Å². The molecule has 5 nitrogen and oxygen atoms in total. The molecule has 0 fully saturated rings. The molecule has 0 spiro atoms. The van der Waals surface area contributed by atoms with Crippen LogP contribution in [0.25, 0.3) is 0 Å². The number of carbonyl (C=O) groups is 1. The summed E-state index contributed by atoms with van der Waals surface area (Å²) in [5.41, 5.74) is 12.2. The molecule has 0 aliphatic heterocycles. The first-order valence-corrected chi connectivity index (χ1v) is 7.47. The Morgan fingerprint density at radius 2 is 2.00 bits per heavy atom. The molecule has 0 aliphatic carbocycles. The molecule has 1 aromatic rings. The molecule has 1 aromatic carbocycles. The van der Waals surface area contributed by atoms with Gasteiger partial charge in [-0.1, -0.05) is 49.0 Å². The maximum atomic E-state index is 11.5. The summed E-state index contributed by atoms with van der Waals surface area (Å²) in [5, 5.41) is 2.71. The van der Waals surface area contributed by atoms with Crippen LogP contribution in [0.1, 0.15) is 31.2 Å². The lowest BCUT2D eigenvalue weighted by molar-refractivity contribution is 0.139. The van der Waals surface area contributed by atoms with Crippen molar-refractivity contribution in [1.29, 1.82) is 0 Å². The van der Waals surface area contributed by atoms with Crippen molar-refractivity contribution in [3.8, 4) is 0 Å². The molecule has 0 radical (unpaired) electrons. The Morgan fingerprint density at radius 1 is 1.29 bits per heavy atom. The number of nitrogens with two attached hydrogens (primary N) is 2. The maximum Gasteiger partial charge on any atom is 0.407 e. The molecule has 0 aliphatic rings. The molecule has 0 saturated carbocycles. The molecule has 6 heteroatoms. The Kier molecular flexibility index (Phi) is 8.38. The molecule has 116 valence electrons. The topological polar surface area (TPSA) is 90.4 Å². The van der Waals surface area contributed by atoms with Crippen LogP contribution in [0.5, 0.6) is 0 Å². The van der Waals surface area contributed by atoms with Crippen LogP contribution in [0.3, 0.4) is 0 Å². The lowest BCUT2D eigenvalue weighted by Gasteiger charge is -2.10. The summed E-state index contributed by atoms with van der Waals surface area (Å²) >= 11 is 4.80. The monoisotopic (exact) mass is 309 g/mol. The molecule has 1 atom stereocenters. The highest BCUT2D eigenvalue weighted by molar-refractivity contribution is 7.80. The van der Waals surface area contributed by atoms with E-state index in [1.165, 1.54) is 0 Å². The van der Waals surface area contributed by atoms with Crippen LogP contribution >= 0.6 is 12.2 Å². The predicted molar refractivity (Wildman–Crippen MR) is 87.9 cm³/mol. The van der Waals surface area contributed by atoms with E-state index in [2.05, 4.69) is 5.32 Å². The maximum absolute atomic E-state index is 11.5. The molecule has 0 heterocycles. The molecule has 1 amide bonds. The molecule has 0 unspecified atom stereocenters. The molecule has 21 heavy (non-hydrogen) atoms. The quantitative estimate of drug-likeness (QED) is 0.480. The predicted octanol–water partition coefficient (Wildman–Crippen LogP) is 2.09. The van der Waals surface area contributed by atoms with Crippen LogP contribution < -0.4 is 16.8 Å². The Labute approximate surface area is 131 Å². The first-order valence-electron chi connectivity index (χ1n) is 7.06. The third-order valence-electron chi connectivity index (χ3n) is 2.95. The highest BCUT2D eigenvalue weighted by atomic mass is 32.1. The zero-order valence-electron chi connectivity index (χ0n) is 12.1. The van der Waals surface area contributed by atoms with Crippen LogP contribution in [-0.2, 0) is 11.3 Å². The normalized spacial score (nSPS) is 11.7. The largest absolute Gasteiger partial charge is 0.445 e. The van der Waals surface area contributed by atoms with Crippen LogP contribution in [0.15, 0.2) is 30.3 Å². The van der Waals surface area contributed by atoms with Crippen LogP contribution in [-0.4, -0.2) is 23.7 Å². The lowest BCUT2D eigenvalue weighted by atomic mass is 10.1. The fourth-order valence-corrected chi connectivity index (χ4v) is 2.07. The summed E-state index contributed by atoms with van der Waals surface area (Å²) in [6.07, 6.45) is 2.79. The molecular formula is C15H23N3O2S. The Balaban J connectivity index is 2.02. The first kappa shape index (κ1) is 17.4. The SMILES string of the molecule is NC(=S)C[C@@H](N)CCCCNC(=O)OCc1ccccc1. The van der Waals surface area contributed by atoms with Crippen LogP contribution in [0, 0.1) is 0 Å². The number of carbonyl (C=O) groups excluding carboxylic acids is 1. The summed E-state index contributed by atoms with van der Waals surface area (Å²) in [6, 6.07) is 9.57. The Bertz CT molecular complexity index is 440. The summed E-state index contributed by atoms with van der Waals surface area (Å²) in [6.45, 7) is 0.860. The van der Waals surface area contributed by atoms with E-state index in [1.807, 2.05) is 30.3 Å². The Morgan fingerprint density at radius 3 is 2.67 bits per heavy atom. The van der Waals surface area contributed by atoms with Crippen LogP contribution in [0.4, 0.5) is 4.79 Å². The van der Waals surface area contributed by atoms with Gasteiger partial charge in [0.15, 0.2) is 0 Å². The summed E-state index contributed by atoms with van der Waals surface area (Å²) < 4.78 is 5.10. The third-order valence-corrected chi connectivity index (χ3v) is 3.11. The van der Waals surface area contributed by atoms with E-state index in [0.717, 1.165) is 24.8 Å². The number of alkyl carbamates (subject to hydrolysis) is 1. The minimum Gasteiger partial charge on any atom is -0.445 e. The average Bonchev–Trinajstić information content (AvgIpc) is 2.45. The van der Waals surface area contributed by atoms with E-state index >= 15 is 0 Å². The van der Waals surface area contributed by atoms with E-state index in [0.29, 0.717) is 18.0 Å². The second-order valence-electron chi connectivity index (χ2n) is 4.91. The van der Waals surface area contributed by atoms with E-state index < -0.39 is 6.09 Å². The minimum absolute atomic E-state index is 0.00697. The van der Waals surface area contributed by atoms with E-state index in [-0.39, 0.29) is 12.6 Å². The fourth-order valence-electron chi connectivity index (χ4n) is 1.86. The van der Waals surface area contributed by atoms with E-state index in [1.54, 1.807) is 0 Å². The lowest BCUT2D eigenvalue weighted by Crippen LogP contribution is -2.27. The van der Waals surface area contributed by atoms with Gasteiger partial charge in [-0.05, 0) is 18.4 Å². The smallest absolute Gasteiger partial charge is 0.407 e. The van der Waals surface area contributed by atoms with Gasteiger partial charge in [0.25, 0.3) is 0 Å². The van der Waals surface area contributed by atoms with Gasteiger partial charge in [-0.15, -0.1) is 0 Å². The van der Waals surface area contributed by atoms with Crippen molar-refractivity contribution in [2.24, 2.45) is 11.5 Å². The van der Waals surface area contributed by atoms with E-state index in [9.17, 15) is 4.79 Å². The number of ether oxygens (including phenoxy) is 1. The van der Waals surface area contributed by atoms with Crippen molar-refractivity contribution in [1.82, 2.24) is 5.32 Å². The van der Waals surface area contributed by atoms with Crippen molar-refractivity contribution in [2.45, 2.75) is 38.3 Å². The molecule has 0 saturated heterocycles. The van der Waals surface area contributed by atoms with Crippen molar-refractivity contribution in [3.05, 3.63) is 35.9 Å². The summed E-state index contributed by atoms with van der Waals surface area (Å²) in [5.74, 6) is 0. The number of benzene rings is 1. The highest BCUT2D eigenvalue weighted by Gasteiger charge is 2.05. The minimum atomic E-state index is -0.397. The van der Waals surface area contributed by atoms with Gasteiger partial charge in [0, 0.05) is 19.0 Å². The summed E-state index contributed by atoms with van der Waals surface area (Å²) in [4.78, 5) is 11.9. The zero-order valence-corrected chi connectivity index (χ0v) is 12.9. The number of hydrogen-bond donors (Lipinski definition) is 3.